The van der Waals surface area contributed by atoms with Crippen LogP contribution in [0.25, 0.3) is 10.9 Å². The van der Waals surface area contributed by atoms with Crippen LogP contribution in [0, 0.1) is 11.7 Å². The molecule has 3 N–H and O–H groups in total. The average Bonchev–Trinajstić information content (AvgIpc) is 4.06. The minimum absolute atomic E-state index is 0.0489. The van der Waals surface area contributed by atoms with Gasteiger partial charge < -0.3 is 39.2 Å². The number of alkyl carbamates (subject to hydrolysis) is 1. The third-order valence-corrected chi connectivity index (χ3v) is 14.3. The Hall–Kier alpha value is -4.85. The summed E-state index contributed by atoms with van der Waals surface area (Å²) in [4.78, 5) is 48.0. The molecule has 3 amide bonds. The van der Waals surface area contributed by atoms with E-state index in [-0.39, 0.29) is 47.7 Å². The lowest BCUT2D eigenvalue weighted by atomic mass is 9.96. The van der Waals surface area contributed by atoms with E-state index in [1.807, 2.05) is 6.08 Å². The molecule has 1 aromatic heterocycles. The van der Waals surface area contributed by atoms with Gasteiger partial charge in [-0.1, -0.05) is 19.1 Å². The smallest absolute Gasteiger partial charge is 0.427 e. The fourth-order valence-corrected chi connectivity index (χ4v) is 9.22. The first-order chi connectivity index (χ1) is 28.1. The molecule has 7 rings (SSSR count). The Balaban J connectivity index is 1.27. The Labute approximate surface area is 344 Å². The van der Waals surface area contributed by atoms with Crippen LogP contribution in [0.2, 0.25) is 0 Å². The number of amides is 3. The highest BCUT2D eigenvalue weighted by atomic mass is 32.2. The number of benzene rings is 1. The van der Waals surface area contributed by atoms with E-state index in [0.29, 0.717) is 37.8 Å². The number of pyridine rings is 1. The Morgan fingerprint density at radius 1 is 1.12 bits per heavy atom. The predicted molar refractivity (Wildman–Crippen MR) is 207 cm³/mol. The van der Waals surface area contributed by atoms with Crippen LogP contribution in [0.4, 0.5) is 22.4 Å². The van der Waals surface area contributed by atoms with Crippen molar-refractivity contribution in [3.8, 4) is 17.4 Å². The van der Waals surface area contributed by atoms with Gasteiger partial charge >= 0.3 is 12.3 Å². The van der Waals surface area contributed by atoms with Crippen molar-refractivity contribution in [3.63, 3.8) is 0 Å². The summed E-state index contributed by atoms with van der Waals surface area (Å²) in [5.74, 6) is -2.58. The van der Waals surface area contributed by atoms with Gasteiger partial charge in [0.25, 0.3) is 5.91 Å². The van der Waals surface area contributed by atoms with Crippen molar-refractivity contribution >= 4 is 38.8 Å². The number of allylic oxidation sites excluding steroid dienone is 1. The molecule has 2 bridgehead atoms. The molecule has 2 aliphatic carbocycles. The van der Waals surface area contributed by atoms with Crippen LogP contribution < -0.4 is 29.6 Å². The van der Waals surface area contributed by atoms with Crippen LogP contribution >= 0.6 is 0 Å². The normalized spacial score (nSPS) is 29.2. The van der Waals surface area contributed by atoms with E-state index in [4.69, 9.17) is 23.7 Å². The minimum Gasteiger partial charge on any atom is -0.494 e. The first-order valence-corrected chi connectivity index (χ1v) is 21.3. The molecule has 328 valence electrons. The summed E-state index contributed by atoms with van der Waals surface area (Å²) in [7, 11) is -1.38. The number of rotatable bonds is 10. The Bertz CT molecular complexity index is 2230. The van der Waals surface area contributed by atoms with Gasteiger partial charge in [-0.25, -0.2) is 22.6 Å². The van der Waals surface area contributed by atoms with E-state index in [0.717, 1.165) is 13.8 Å². The van der Waals surface area contributed by atoms with Gasteiger partial charge in [-0.05, 0) is 71.4 Å². The third-order valence-electron chi connectivity index (χ3n) is 12.1. The summed E-state index contributed by atoms with van der Waals surface area (Å²) in [5.41, 5.74) is -3.86. The topological polar surface area (TPSA) is 184 Å². The molecule has 1 aromatic carbocycles. The van der Waals surface area contributed by atoms with Crippen molar-refractivity contribution in [1.29, 1.82) is 0 Å². The monoisotopic (exact) mass is 867 g/mol. The van der Waals surface area contributed by atoms with E-state index in [1.165, 1.54) is 32.4 Å². The second-order valence-electron chi connectivity index (χ2n) is 16.7. The Morgan fingerprint density at radius 3 is 2.50 bits per heavy atom. The number of nitrogens with zero attached hydrogens (tertiary/aromatic N) is 2. The summed E-state index contributed by atoms with van der Waals surface area (Å²) >= 11 is 0. The van der Waals surface area contributed by atoms with Gasteiger partial charge in [0.15, 0.2) is 11.6 Å². The molecule has 5 aliphatic rings. The summed E-state index contributed by atoms with van der Waals surface area (Å²) < 4.78 is 112. The maximum Gasteiger partial charge on any atom is 0.427 e. The number of carbonyl (C=O) groups is 3. The molecule has 4 heterocycles. The van der Waals surface area contributed by atoms with Gasteiger partial charge in [-0.3, -0.25) is 14.3 Å². The zero-order chi connectivity index (χ0) is 43.6. The molecule has 20 heteroatoms. The molecule has 2 saturated carbocycles. The van der Waals surface area contributed by atoms with Gasteiger partial charge in [-0.15, -0.1) is 0 Å². The van der Waals surface area contributed by atoms with E-state index in [2.05, 4.69) is 20.3 Å². The number of alkyl halides is 3. The minimum atomic E-state index is -4.89. The van der Waals surface area contributed by atoms with Crippen LogP contribution in [0.15, 0.2) is 42.1 Å². The van der Waals surface area contributed by atoms with Crippen molar-refractivity contribution in [1.82, 2.24) is 25.2 Å². The molecule has 2 aromatic rings. The van der Waals surface area contributed by atoms with E-state index in [9.17, 15) is 36.0 Å². The van der Waals surface area contributed by atoms with Gasteiger partial charge in [-0.2, -0.15) is 13.2 Å². The van der Waals surface area contributed by atoms with Crippen LogP contribution in [0.1, 0.15) is 72.6 Å². The zero-order valence-corrected chi connectivity index (χ0v) is 34.8. The van der Waals surface area contributed by atoms with Crippen molar-refractivity contribution in [2.45, 2.75) is 125 Å². The third kappa shape index (κ3) is 8.15. The SMILES string of the molecule is CC[C@@H]1O[C@@H]2C=C([C@H]1NC(=O)OC(C)(C)C(F)(F)F)N1C[C@H](Oc3cc(OC)nc4cc(OC)c(F)cc34)C[C@H]1C(=O)N[C@]1(C(=O)NS(=O)(=O)C3(C)CC3)C[C@H]1/C=C\CC2. The number of ether oxygens (including phenoxy) is 5. The molecule has 0 radical (unpaired) electrons. The molecule has 1 saturated heterocycles. The van der Waals surface area contributed by atoms with E-state index in [1.54, 1.807) is 30.9 Å². The first kappa shape index (κ1) is 43.2. The molecule has 0 unspecified atom stereocenters. The number of carbonyl (C=O) groups excluding carboxylic acids is 3. The molecular formula is C40H49F4N5O10S. The van der Waals surface area contributed by atoms with Crippen LogP contribution in [-0.2, 0) is 29.1 Å². The molecule has 60 heavy (non-hydrogen) atoms. The average molecular weight is 868 g/mol. The number of nitrogens with one attached hydrogen (secondary N) is 3. The number of fused-ring (bicyclic) bond motifs is 5. The number of sulfonamides is 1. The molecular weight excluding hydrogens is 819 g/mol. The van der Waals surface area contributed by atoms with Crippen LogP contribution in [0.3, 0.4) is 0 Å². The zero-order valence-electron chi connectivity index (χ0n) is 34.0. The summed E-state index contributed by atoms with van der Waals surface area (Å²) in [6, 6.07) is 1.75. The van der Waals surface area contributed by atoms with Gasteiger partial charge in [0, 0.05) is 35.6 Å². The largest absolute Gasteiger partial charge is 0.494 e. The fraction of sp³-hybridized carbons (Fsp3) is 0.600. The lowest BCUT2D eigenvalue weighted by Gasteiger charge is -2.42. The van der Waals surface area contributed by atoms with Crippen molar-refractivity contribution in [3.05, 3.63) is 47.9 Å². The molecule has 0 spiro atoms. The van der Waals surface area contributed by atoms with Crippen molar-refractivity contribution in [2.24, 2.45) is 5.92 Å². The maximum absolute atomic E-state index is 15.1. The predicted octanol–water partition coefficient (Wildman–Crippen LogP) is 4.93. The lowest BCUT2D eigenvalue weighted by molar-refractivity contribution is -0.244. The highest BCUT2D eigenvalue weighted by Gasteiger charge is 2.63. The fourth-order valence-electron chi connectivity index (χ4n) is 7.91. The second kappa shape index (κ2) is 15.6. The number of hydrogen-bond donors (Lipinski definition) is 3. The number of methoxy groups -OCH3 is 2. The molecule has 3 aliphatic heterocycles. The van der Waals surface area contributed by atoms with Gasteiger partial charge in [0.2, 0.25) is 27.4 Å². The number of hydrogen-bond acceptors (Lipinski definition) is 12. The highest BCUT2D eigenvalue weighted by molar-refractivity contribution is 7.91. The molecule has 7 atom stereocenters. The standard InChI is InChI=1S/C40H49F4N5O10S/c1-7-29-33(46-36(52)59-37(2,3)40(42,43)44)27-14-22(57-29)11-9-8-10-21-19-39(21,35(51)48-60(53,54)38(4)12-13-38)47-34(50)28-15-23(20-49(27)28)58-30-18-32(56-6)45-26-17-31(55-5)25(41)16-24(26)30/h8,10,14,16-18,21-23,28-29,33H,7,9,11-13,15,19-20H2,1-6H3,(H,46,52)(H,47,50)(H,48,51)/b10-8-/t21-,22+,23-,28+,29+,33-,39-/m1/s1. The van der Waals surface area contributed by atoms with Gasteiger partial charge in [0.1, 0.15) is 23.4 Å². The second-order valence-corrected chi connectivity index (χ2v) is 18.9. The summed E-state index contributed by atoms with van der Waals surface area (Å²) in [6.07, 6.45) is -1.22. The van der Waals surface area contributed by atoms with Crippen LogP contribution in [-0.4, -0.2) is 109 Å². The van der Waals surface area contributed by atoms with E-state index < -0.39 is 92.1 Å². The number of halogens is 4. The maximum atomic E-state index is 15.1. The van der Waals surface area contributed by atoms with E-state index >= 15 is 4.39 Å². The number of aromatic nitrogens is 1. The van der Waals surface area contributed by atoms with Crippen LogP contribution in [0.5, 0.6) is 17.4 Å². The molecule has 3 fully saturated rings. The first-order valence-electron chi connectivity index (χ1n) is 19.8. The quantitative estimate of drug-likeness (QED) is 0.217. The Kier molecular flexibility index (Phi) is 11.2. The Morgan fingerprint density at radius 2 is 1.85 bits per heavy atom. The summed E-state index contributed by atoms with van der Waals surface area (Å²) in [5, 5.41) is 5.71. The van der Waals surface area contributed by atoms with Gasteiger partial charge in [0.05, 0.1) is 49.3 Å². The molecule has 15 nitrogen and oxygen atoms in total. The van der Waals surface area contributed by atoms with Crippen molar-refractivity contribution in [2.75, 3.05) is 20.8 Å². The van der Waals surface area contributed by atoms with Crippen molar-refractivity contribution < 1.29 is 64.0 Å². The lowest BCUT2D eigenvalue weighted by Crippen LogP contribution is -2.59. The summed E-state index contributed by atoms with van der Waals surface area (Å²) in [6.45, 7) is 4.71. The highest BCUT2D eigenvalue weighted by Crippen LogP contribution is 2.48.